The number of hydrogen-bond donors (Lipinski definition) is 0. The van der Waals surface area contributed by atoms with Gasteiger partial charge in [-0.05, 0) is 50.4 Å². The molecule has 0 N–H and O–H groups in total. The number of hydrogen-bond acceptors (Lipinski definition) is 2. The third-order valence-corrected chi connectivity index (χ3v) is 5.21. The lowest BCUT2D eigenvalue weighted by molar-refractivity contribution is -0.167. The van der Waals surface area contributed by atoms with Gasteiger partial charge in [-0.2, -0.15) is 0 Å². The molecule has 4 bridgehead atoms. The number of halogens is 1. The maximum atomic E-state index is 11.4. The van der Waals surface area contributed by atoms with E-state index in [9.17, 15) is 4.79 Å². The van der Waals surface area contributed by atoms with E-state index < -0.39 is 0 Å². The van der Waals surface area contributed by atoms with Gasteiger partial charge in [-0.25, -0.2) is 0 Å². The Bertz CT molecular complexity index is 300. The molecule has 4 aliphatic rings. The highest BCUT2D eigenvalue weighted by atomic mass is 35.5. The molecule has 5 atom stereocenters. The summed E-state index contributed by atoms with van der Waals surface area (Å²) in [5.74, 6) is 2.71. The molecule has 84 valence electrons. The Morgan fingerprint density at radius 1 is 1.40 bits per heavy atom. The van der Waals surface area contributed by atoms with Gasteiger partial charge in [0.2, 0.25) is 0 Å². The minimum absolute atomic E-state index is 0.0108. The standard InChI is InChI=1S/C12H17ClO2/c1-12(15-11(14)6-13)9-3-7-2-8(5-9)10(12)4-7/h7-10H,2-6H2,1H3. The zero-order valence-electron chi connectivity index (χ0n) is 9.04. The van der Waals surface area contributed by atoms with Gasteiger partial charge in [0.1, 0.15) is 11.5 Å². The van der Waals surface area contributed by atoms with Crippen molar-refractivity contribution in [2.75, 3.05) is 5.88 Å². The average molecular weight is 229 g/mol. The molecule has 15 heavy (non-hydrogen) atoms. The van der Waals surface area contributed by atoms with E-state index in [1.807, 2.05) is 0 Å². The fraction of sp³-hybridized carbons (Fsp3) is 0.917. The first kappa shape index (κ1) is 9.95. The summed E-state index contributed by atoms with van der Waals surface area (Å²) in [6.07, 6.45) is 5.18. The molecule has 0 spiro atoms. The monoisotopic (exact) mass is 228 g/mol. The van der Waals surface area contributed by atoms with Gasteiger partial charge in [-0.1, -0.05) is 0 Å². The van der Waals surface area contributed by atoms with E-state index in [4.69, 9.17) is 16.3 Å². The van der Waals surface area contributed by atoms with Crippen LogP contribution in [-0.4, -0.2) is 17.5 Å². The van der Waals surface area contributed by atoms with Crippen molar-refractivity contribution in [1.29, 1.82) is 0 Å². The maximum absolute atomic E-state index is 11.4. The number of esters is 1. The fourth-order valence-corrected chi connectivity index (χ4v) is 4.52. The molecule has 4 saturated carbocycles. The molecule has 0 heterocycles. The first-order chi connectivity index (χ1) is 7.13. The Morgan fingerprint density at radius 2 is 2.20 bits per heavy atom. The predicted octanol–water partition coefficient (Wildman–Crippen LogP) is 2.59. The Hall–Kier alpha value is -0.240. The molecule has 0 aromatic rings. The second kappa shape index (κ2) is 3.13. The average Bonchev–Trinajstić information content (AvgIpc) is 2.60. The van der Waals surface area contributed by atoms with Crippen molar-refractivity contribution >= 4 is 17.6 Å². The molecule has 3 heteroatoms. The van der Waals surface area contributed by atoms with Crippen LogP contribution in [0.1, 0.15) is 32.6 Å². The molecule has 0 aromatic carbocycles. The van der Waals surface area contributed by atoms with Gasteiger partial charge in [-0.3, -0.25) is 4.79 Å². The lowest BCUT2D eigenvalue weighted by atomic mass is 9.73. The summed E-state index contributed by atoms with van der Waals surface area (Å²) in [7, 11) is 0. The van der Waals surface area contributed by atoms with Gasteiger partial charge in [0.05, 0.1) is 0 Å². The van der Waals surface area contributed by atoms with E-state index >= 15 is 0 Å². The smallest absolute Gasteiger partial charge is 0.321 e. The van der Waals surface area contributed by atoms with E-state index in [1.165, 1.54) is 25.7 Å². The van der Waals surface area contributed by atoms with Crippen LogP contribution in [0.4, 0.5) is 0 Å². The molecule has 2 nitrogen and oxygen atoms in total. The van der Waals surface area contributed by atoms with E-state index in [0.29, 0.717) is 11.8 Å². The molecule has 4 fully saturated rings. The summed E-state index contributed by atoms with van der Waals surface area (Å²) in [4.78, 5) is 11.4. The Labute approximate surface area is 95.3 Å². The quantitative estimate of drug-likeness (QED) is 0.537. The molecule has 0 saturated heterocycles. The van der Waals surface area contributed by atoms with E-state index in [2.05, 4.69) is 6.92 Å². The van der Waals surface area contributed by atoms with E-state index in [0.717, 1.165) is 11.8 Å². The van der Waals surface area contributed by atoms with E-state index in [1.54, 1.807) is 0 Å². The summed E-state index contributed by atoms with van der Waals surface area (Å²) in [5.41, 5.74) is -0.191. The lowest BCUT2D eigenvalue weighted by Gasteiger charge is -2.40. The van der Waals surface area contributed by atoms with Crippen LogP contribution >= 0.6 is 11.6 Å². The summed E-state index contributed by atoms with van der Waals surface area (Å²) in [5, 5.41) is 0. The zero-order chi connectivity index (χ0) is 10.6. The first-order valence-corrected chi connectivity index (χ1v) is 6.44. The molecule has 0 radical (unpaired) electrons. The van der Waals surface area contributed by atoms with Gasteiger partial charge < -0.3 is 4.74 Å². The minimum atomic E-state index is -0.241. The zero-order valence-corrected chi connectivity index (χ0v) is 9.80. The van der Waals surface area contributed by atoms with Crippen molar-refractivity contribution in [1.82, 2.24) is 0 Å². The van der Waals surface area contributed by atoms with Crippen molar-refractivity contribution < 1.29 is 9.53 Å². The second-order valence-electron chi connectivity index (χ2n) is 5.66. The highest BCUT2D eigenvalue weighted by Gasteiger charge is 2.62. The summed E-state index contributed by atoms with van der Waals surface area (Å²) < 4.78 is 5.64. The highest BCUT2D eigenvalue weighted by molar-refractivity contribution is 6.26. The first-order valence-electron chi connectivity index (χ1n) is 5.91. The summed E-state index contributed by atoms with van der Waals surface area (Å²) in [6, 6.07) is 0. The van der Waals surface area contributed by atoms with Crippen LogP contribution in [0.15, 0.2) is 0 Å². The molecular weight excluding hydrogens is 212 g/mol. The molecule has 4 aliphatic carbocycles. The van der Waals surface area contributed by atoms with Crippen LogP contribution in [-0.2, 0) is 9.53 Å². The van der Waals surface area contributed by atoms with Gasteiger partial charge in [0.25, 0.3) is 0 Å². The number of rotatable bonds is 2. The predicted molar refractivity (Wildman–Crippen MR) is 57.6 cm³/mol. The van der Waals surface area contributed by atoms with Crippen LogP contribution in [0.5, 0.6) is 0 Å². The Balaban J connectivity index is 1.84. The van der Waals surface area contributed by atoms with E-state index in [-0.39, 0.29) is 17.5 Å². The minimum Gasteiger partial charge on any atom is -0.458 e. The molecule has 0 aliphatic heterocycles. The van der Waals surface area contributed by atoms with Gasteiger partial charge in [-0.15, -0.1) is 11.6 Å². The van der Waals surface area contributed by atoms with Crippen molar-refractivity contribution in [3.63, 3.8) is 0 Å². The lowest BCUT2D eigenvalue weighted by Crippen LogP contribution is -2.44. The Kier molecular flexibility index (Phi) is 2.08. The molecule has 0 amide bonds. The fourth-order valence-electron chi connectivity index (χ4n) is 4.46. The largest absolute Gasteiger partial charge is 0.458 e. The molecular formula is C12H17ClO2. The van der Waals surface area contributed by atoms with Crippen LogP contribution in [0.2, 0.25) is 0 Å². The van der Waals surface area contributed by atoms with Crippen molar-refractivity contribution in [3.8, 4) is 0 Å². The highest BCUT2D eigenvalue weighted by Crippen LogP contribution is 2.63. The Morgan fingerprint density at radius 3 is 2.87 bits per heavy atom. The van der Waals surface area contributed by atoms with Gasteiger partial charge in [0, 0.05) is 5.92 Å². The van der Waals surface area contributed by atoms with Crippen molar-refractivity contribution in [3.05, 3.63) is 0 Å². The normalized spacial score (nSPS) is 51.1. The van der Waals surface area contributed by atoms with Crippen molar-refractivity contribution in [2.45, 2.75) is 38.2 Å². The SMILES string of the molecule is CC1(OC(=O)CCl)C2CC3CC(C2)C1C3. The van der Waals surface area contributed by atoms with Crippen LogP contribution in [0, 0.1) is 23.7 Å². The number of alkyl halides is 1. The van der Waals surface area contributed by atoms with Crippen LogP contribution < -0.4 is 0 Å². The number of carbonyl (C=O) groups is 1. The summed E-state index contributed by atoms with van der Waals surface area (Å²) >= 11 is 5.52. The third-order valence-electron chi connectivity index (χ3n) is 4.99. The maximum Gasteiger partial charge on any atom is 0.321 e. The van der Waals surface area contributed by atoms with Crippen LogP contribution in [0.3, 0.4) is 0 Å². The van der Waals surface area contributed by atoms with Crippen molar-refractivity contribution in [2.24, 2.45) is 23.7 Å². The van der Waals surface area contributed by atoms with Gasteiger partial charge >= 0.3 is 5.97 Å². The van der Waals surface area contributed by atoms with Crippen LogP contribution in [0.25, 0.3) is 0 Å². The second-order valence-corrected chi connectivity index (χ2v) is 5.93. The number of carbonyl (C=O) groups excluding carboxylic acids is 1. The molecule has 0 aromatic heterocycles. The molecule has 5 unspecified atom stereocenters. The topological polar surface area (TPSA) is 26.3 Å². The third kappa shape index (κ3) is 1.27. The summed E-state index contributed by atoms with van der Waals surface area (Å²) in [6.45, 7) is 2.13. The molecule has 4 rings (SSSR count). The van der Waals surface area contributed by atoms with Gasteiger partial charge in [0.15, 0.2) is 0 Å². The number of ether oxygens (including phenoxy) is 1.